The number of aliphatic hydroxyl groups excluding tert-OH is 1. The van der Waals surface area contributed by atoms with Crippen molar-refractivity contribution in [3.05, 3.63) is 25.2 Å². The number of nitrogens with one attached hydrogen (secondary N) is 2. The largest absolute Gasteiger partial charge is 0.478 e. The third kappa shape index (κ3) is 4.58. The summed E-state index contributed by atoms with van der Waals surface area (Å²) in [6, 6.07) is -0.698. The third-order valence-corrected chi connectivity index (χ3v) is 5.22. The van der Waals surface area contributed by atoms with Gasteiger partial charge >= 0.3 is 0 Å². The predicted octanol–water partition coefficient (Wildman–Crippen LogP) is 0.522. The maximum atomic E-state index is 14.6. The smallest absolute Gasteiger partial charge is 0.256 e. The summed E-state index contributed by atoms with van der Waals surface area (Å²) in [5.74, 6) is 0.565. The number of ether oxygens (including phenoxy) is 1. The molecule has 12 nitrogen and oxygen atoms in total. The first-order valence-corrected chi connectivity index (χ1v) is 10.4. The standard InChI is InChI=1S/C20H26FN9O3/c1-5-15(32)23-13-8-29(7-12(13)21)20-25-17(16-18(26-20)28(3)10-22-16)24-14-9-30(6-11(2)31)27-19(14)33-4/h5,9-13,31H,1,6-8H2,2-4H3,(H,23,32)(H,24,25,26)/t11?,12-,13+/m0/s1. The Balaban J connectivity index is 1.67. The highest BCUT2D eigenvalue weighted by atomic mass is 19.1. The lowest BCUT2D eigenvalue weighted by Gasteiger charge is -2.17. The van der Waals surface area contributed by atoms with Crippen LogP contribution in [0.3, 0.4) is 0 Å². The minimum atomic E-state index is -1.28. The normalized spacial score (nSPS) is 19.0. The molecule has 1 saturated heterocycles. The Morgan fingerprint density at radius 2 is 2.24 bits per heavy atom. The van der Waals surface area contributed by atoms with Crippen molar-refractivity contribution in [2.45, 2.75) is 31.8 Å². The molecular formula is C20H26FN9O3. The van der Waals surface area contributed by atoms with E-state index in [1.165, 1.54) is 7.11 Å². The quantitative estimate of drug-likeness (QED) is 0.412. The second-order valence-corrected chi connectivity index (χ2v) is 7.89. The molecule has 3 N–H and O–H groups in total. The van der Waals surface area contributed by atoms with Gasteiger partial charge in [-0.25, -0.2) is 9.37 Å². The van der Waals surface area contributed by atoms with Crippen molar-refractivity contribution >= 4 is 34.5 Å². The number of rotatable bonds is 8. The average Bonchev–Trinajstić information content (AvgIpc) is 3.45. The van der Waals surface area contributed by atoms with Crippen molar-refractivity contribution in [3.8, 4) is 5.88 Å². The third-order valence-electron chi connectivity index (χ3n) is 5.22. The SMILES string of the molecule is C=CC(=O)N[C@@H]1CN(c2nc(Nc3cn(CC(C)O)nc3OC)c3ncn(C)c3n2)C[C@@H]1F. The molecule has 1 aliphatic rings. The number of carbonyl (C=O) groups is 1. The number of hydrogen-bond donors (Lipinski definition) is 3. The molecular weight excluding hydrogens is 433 g/mol. The van der Waals surface area contributed by atoms with Crippen molar-refractivity contribution in [2.75, 3.05) is 30.4 Å². The van der Waals surface area contributed by atoms with E-state index in [9.17, 15) is 14.3 Å². The highest BCUT2D eigenvalue weighted by Gasteiger charge is 2.35. The number of imidazole rings is 1. The first-order valence-electron chi connectivity index (χ1n) is 10.4. The molecule has 0 aromatic carbocycles. The molecule has 1 aliphatic heterocycles. The summed E-state index contributed by atoms with van der Waals surface area (Å²) in [4.78, 5) is 26.8. The molecule has 0 bridgehead atoms. The number of anilines is 3. The molecule has 176 valence electrons. The van der Waals surface area contributed by atoms with Gasteiger partial charge < -0.3 is 29.9 Å². The summed E-state index contributed by atoms with van der Waals surface area (Å²) in [6.07, 6.45) is 2.54. The second-order valence-electron chi connectivity index (χ2n) is 7.89. The highest BCUT2D eigenvalue weighted by molar-refractivity contribution is 5.88. The fraction of sp³-hybridized carbons (Fsp3) is 0.450. The monoisotopic (exact) mass is 459 g/mol. The van der Waals surface area contributed by atoms with E-state index in [1.807, 2.05) is 0 Å². The molecule has 3 aromatic rings. The number of fused-ring (bicyclic) bond motifs is 1. The zero-order chi connectivity index (χ0) is 23.7. The zero-order valence-electron chi connectivity index (χ0n) is 18.6. The van der Waals surface area contributed by atoms with Crippen LogP contribution in [-0.4, -0.2) is 78.8 Å². The molecule has 0 spiro atoms. The van der Waals surface area contributed by atoms with Crippen LogP contribution in [0, 0.1) is 0 Å². The van der Waals surface area contributed by atoms with Gasteiger partial charge in [0.05, 0.1) is 44.9 Å². The number of nitrogens with zero attached hydrogens (tertiary/aromatic N) is 7. The Morgan fingerprint density at radius 3 is 2.94 bits per heavy atom. The number of aryl methyl sites for hydroxylation is 1. The van der Waals surface area contributed by atoms with Gasteiger partial charge in [-0.15, -0.1) is 5.10 Å². The van der Waals surface area contributed by atoms with Crippen molar-refractivity contribution < 1.29 is 19.0 Å². The number of hydrogen-bond acceptors (Lipinski definition) is 9. The van der Waals surface area contributed by atoms with Crippen LogP contribution in [0.15, 0.2) is 25.2 Å². The van der Waals surface area contributed by atoms with Crippen LogP contribution in [0.25, 0.3) is 11.2 Å². The van der Waals surface area contributed by atoms with Crippen molar-refractivity contribution in [3.63, 3.8) is 0 Å². The highest BCUT2D eigenvalue weighted by Crippen LogP contribution is 2.31. The lowest BCUT2D eigenvalue weighted by molar-refractivity contribution is -0.117. The van der Waals surface area contributed by atoms with Crippen LogP contribution < -0.4 is 20.3 Å². The molecule has 1 unspecified atom stereocenters. The van der Waals surface area contributed by atoms with Crippen LogP contribution in [-0.2, 0) is 18.4 Å². The van der Waals surface area contributed by atoms with E-state index in [0.717, 1.165) is 6.08 Å². The number of carbonyl (C=O) groups excluding carboxylic acids is 1. The topological polar surface area (TPSA) is 135 Å². The molecule has 4 heterocycles. The number of methoxy groups -OCH3 is 1. The Kier molecular flexibility index (Phi) is 6.14. The molecule has 4 rings (SSSR count). The van der Waals surface area contributed by atoms with Gasteiger partial charge in [-0.3, -0.25) is 9.48 Å². The summed E-state index contributed by atoms with van der Waals surface area (Å²) >= 11 is 0. The van der Waals surface area contributed by atoms with Crippen molar-refractivity contribution in [2.24, 2.45) is 7.05 Å². The number of aliphatic hydroxyl groups is 1. The fourth-order valence-electron chi connectivity index (χ4n) is 3.66. The molecule has 3 aromatic heterocycles. The number of amides is 1. The molecule has 1 amide bonds. The van der Waals surface area contributed by atoms with Crippen LogP contribution in [0.1, 0.15) is 6.92 Å². The van der Waals surface area contributed by atoms with E-state index in [0.29, 0.717) is 34.5 Å². The van der Waals surface area contributed by atoms with Gasteiger partial charge in [-0.1, -0.05) is 6.58 Å². The number of alkyl halides is 1. The Hall–Kier alpha value is -3.74. The van der Waals surface area contributed by atoms with E-state index in [2.05, 4.69) is 37.3 Å². The summed E-state index contributed by atoms with van der Waals surface area (Å²) in [7, 11) is 3.29. The van der Waals surface area contributed by atoms with Crippen LogP contribution in [0.2, 0.25) is 0 Å². The van der Waals surface area contributed by atoms with E-state index in [4.69, 9.17) is 4.74 Å². The zero-order valence-corrected chi connectivity index (χ0v) is 18.6. The molecule has 1 fully saturated rings. The van der Waals surface area contributed by atoms with E-state index < -0.39 is 24.2 Å². The molecule has 0 radical (unpaired) electrons. The Bertz CT molecular complexity index is 1180. The minimum absolute atomic E-state index is 0.0283. The van der Waals surface area contributed by atoms with Gasteiger partial charge in [-0.2, -0.15) is 9.97 Å². The predicted molar refractivity (Wildman–Crippen MR) is 119 cm³/mol. The lowest BCUT2D eigenvalue weighted by atomic mass is 10.2. The molecule has 3 atom stereocenters. The molecule has 33 heavy (non-hydrogen) atoms. The summed E-state index contributed by atoms with van der Waals surface area (Å²) < 4.78 is 23.2. The lowest BCUT2D eigenvalue weighted by Crippen LogP contribution is -2.40. The van der Waals surface area contributed by atoms with Gasteiger partial charge in [0.2, 0.25) is 11.9 Å². The molecule has 13 heteroatoms. The first kappa shape index (κ1) is 22.5. The van der Waals surface area contributed by atoms with Gasteiger partial charge in [-0.05, 0) is 13.0 Å². The van der Waals surface area contributed by atoms with Crippen LogP contribution in [0.4, 0.5) is 21.8 Å². The second kappa shape index (κ2) is 9.02. The number of halogens is 1. The Labute approximate surface area is 189 Å². The maximum Gasteiger partial charge on any atom is 0.256 e. The van der Waals surface area contributed by atoms with Gasteiger partial charge in [0.25, 0.3) is 5.88 Å². The summed E-state index contributed by atoms with van der Waals surface area (Å²) in [5.41, 5.74) is 1.58. The first-order chi connectivity index (χ1) is 15.8. The Morgan fingerprint density at radius 1 is 1.45 bits per heavy atom. The van der Waals surface area contributed by atoms with E-state index in [1.54, 1.807) is 40.6 Å². The average molecular weight is 459 g/mol. The summed E-state index contributed by atoms with van der Waals surface area (Å²) in [5, 5.41) is 19.7. The minimum Gasteiger partial charge on any atom is -0.478 e. The molecule has 0 aliphatic carbocycles. The fourth-order valence-corrected chi connectivity index (χ4v) is 3.66. The van der Waals surface area contributed by atoms with Crippen molar-refractivity contribution in [1.82, 2.24) is 34.6 Å². The van der Waals surface area contributed by atoms with Gasteiger partial charge in [0.15, 0.2) is 17.0 Å². The van der Waals surface area contributed by atoms with E-state index >= 15 is 0 Å². The number of aromatic nitrogens is 6. The summed E-state index contributed by atoms with van der Waals surface area (Å²) in [6.45, 7) is 5.59. The molecule has 0 saturated carbocycles. The van der Waals surface area contributed by atoms with Gasteiger partial charge in [0, 0.05) is 13.6 Å². The van der Waals surface area contributed by atoms with Crippen LogP contribution >= 0.6 is 0 Å². The van der Waals surface area contributed by atoms with Crippen molar-refractivity contribution in [1.29, 1.82) is 0 Å². The van der Waals surface area contributed by atoms with Crippen LogP contribution in [0.5, 0.6) is 5.88 Å². The maximum absolute atomic E-state index is 14.6. The van der Waals surface area contributed by atoms with E-state index in [-0.39, 0.29) is 19.6 Å². The van der Waals surface area contributed by atoms with Gasteiger partial charge in [0.1, 0.15) is 11.9 Å².